The average Bonchev–Trinajstić information content (AvgIpc) is 3.28. The summed E-state index contributed by atoms with van der Waals surface area (Å²) in [5.74, 6) is 1.26. The van der Waals surface area contributed by atoms with E-state index in [9.17, 15) is 9.59 Å². The fourth-order valence-corrected chi connectivity index (χ4v) is 3.96. The summed E-state index contributed by atoms with van der Waals surface area (Å²) in [6.45, 7) is 1.07. The molecule has 8 heteroatoms. The summed E-state index contributed by atoms with van der Waals surface area (Å²) in [6, 6.07) is 4.87. The van der Waals surface area contributed by atoms with Gasteiger partial charge in [0.05, 0.1) is 19.9 Å². The van der Waals surface area contributed by atoms with Crippen molar-refractivity contribution in [2.24, 2.45) is 17.6 Å². The monoisotopic (exact) mass is 397 g/mol. The molecule has 0 bridgehead atoms. The maximum absolute atomic E-state index is 12.8. The second kappa shape index (κ2) is 9.28. The van der Waals surface area contributed by atoms with Crippen molar-refractivity contribution in [3.05, 3.63) is 18.2 Å². The summed E-state index contributed by atoms with van der Waals surface area (Å²) in [5, 5.41) is 2.94. The summed E-state index contributed by atoms with van der Waals surface area (Å²) in [5.41, 5.74) is 6.48. The van der Waals surface area contributed by atoms with E-state index < -0.39 is 6.04 Å². The zero-order chi connectivity index (χ0) is 18.7. The number of benzene rings is 1. The average molecular weight is 398 g/mol. The smallest absolute Gasteiger partial charge is 0.249 e. The van der Waals surface area contributed by atoms with Crippen LogP contribution in [0.15, 0.2) is 18.2 Å². The molecule has 1 saturated carbocycles. The van der Waals surface area contributed by atoms with E-state index in [1.54, 1.807) is 37.3 Å². The molecule has 3 atom stereocenters. The van der Waals surface area contributed by atoms with Crippen LogP contribution in [0.1, 0.15) is 25.7 Å². The largest absolute Gasteiger partial charge is 0.497 e. The number of halogens is 1. The van der Waals surface area contributed by atoms with Gasteiger partial charge in [0.1, 0.15) is 17.5 Å². The van der Waals surface area contributed by atoms with Gasteiger partial charge in [-0.1, -0.05) is 6.42 Å². The first-order valence-corrected chi connectivity index (χ1v) is 9.12. The summed E-state index contributed by atoms with van der Waals surface area (Å²) in [7, 11) is 3.14. The van der Waals surface area contributed by atoms with Gasteiger partial charge >= 0.3 is 0 Å². The highest BCUT2D eigenvalue weighted by Gasteiger charge is 2.38. The number of methoxy groups -OCH3 is 2. The van der Waals surface area contributed by atoms with Gasteiger partial charge in [-0.25, -0.2) is 0 Å². The van der Waals surface area contributed by atoms with Gasteiger partial charge in [-0.15, -0.1) is 12.4 Å². The molecule has 1 aliphatic carbocycles. The Morgan fingerprint density at radius 3 is 2.44 bits per heavy atom. The van der Waals surface area contributed by atoms with Crippen molar-refractivity contribution in [1.82, 2.24) is 5.32 Å². The summed E-state index contributed by atoms with van der Waals surface area (Å²) in [6.07, 6.45) is 3.45. The molecular formula is C19H28ClN3O4. The number of rotatable bonds is 6. The Labute approximate surface area is 166 Å². The molecule has 1 aromatic rings. The number of hydrogen-bond acceptors (Lipinski definition) is 5. The van der Waals surface area contributed by atoms with Crippen molar-refractivity contribution in [3.8, 4) is 11.5 Å². The van der Waals surface area contributed by atoms with Crippen molar-refractivity contribution in [2.45, 2.75) is 31.7 Å². The normalized spacial score (nSPS) is 24.5. The standard InChI is InChI=1S/C19H27N3O4.ClH/c1-25-14-8-13(9-15(10-14)26-2)22-7-6-17(19(22)24)21-18(23)16-5-3-4-12(16)11-20;/h8-10,12,16-17H,3-7,11,20H2,1-2H3,(H,21,23);1H/t12-,16-,17?;/m1./s1. The van der Waals surface area contributed by atoms with Crippen LogP contribution in [0.5, 0.6) is 11.5 Å². The first kappa shape index (κ1) is 21.3. The summed E-state index contributed by atoms with van der Waals surface area (Å²) in [4.78, 5) is 27.1. The third kappa shape index (κ3) is 4.47. The van der Waals surface area contributed by atoms with Gasteiger partial charge in [-0.05, 0) is 31.7 Å². The molecule has 3 N–H and O–H groups in total. The maximum Gasteiger partial charge on any atom is 0.249 e. The molecule has 0 radical (unpaired) electrons. The Morgan fingerprint density at radius 2 is 1.85 bits per heavy atom. The van der Waals surface area contributed by atoms with Crippen molar-refractivity contribution in [2.75, 3.05) is 32.2 Å². The zero-order valence-electron chi connectivity index (χ0n) is 15.8. The number of nitrogens with one attached hydrogen (secondary N) is 1. The molecule has 1 aliphatic heterocycles. The van der Waals surface area contributed by atoms with Gasteiger partial charge < -0.3 is 25.4 Å². The molecule has 3 rings (SSSR count). The number of carbonyl (C=O) groups is 2. The Hall–Kier alpha value is -1.99. The van der Waals surface area contributed by atoms with E-state index in [1.807, 2.05) is 0 Å². The molecule has 2 amide bonds. The lowest BCUT2D eigenvalue weighted by molar-refractivity contribution is -0.129. The minimum Gasteiger partial charge on any atom is -0.497 e. The first-order valence-electron chi connectivity index (χ1n) is 9.12. The van der Waals surface area contributed by atoms with Crippen LogP contribution >= 0.6 is 12.4 Å². The van der Waals surface area contributed by atoms with E-state index in [1.165, 1.54) is 0 Å². The van der Waals surface area contributed by atoms with E-state index >= 15 is 0 Å². The highest BCUT2D eigenvalue weighted by molar-refractivity contribution is 6.01. The quantitative estimate of drug-likeness (QED) is 0.762. The van der Waals surface area contributed by atoms with E-state index in [4.69, 9.17) is 15.2 Å². The number of carbonyl (C=O) groups excluding carboxylic acids is 2. The molecule has 2 fully saturated rings. The molecule has 1 unspecified atom stereocenters. The van der Waals surface area contributed by atoms with Crippen LogP contribution in [0.2, 0.25) is 0 Å². The van der Waals surface area contributed by atoms with Crippen LogP contribution in [-0.4, -0.2) is 45.2 Å². The molecular weight excluding hydrogens is 370 g/mol. The van der Waals surface area contributed by atoms with Crippen LogP contribution in [0, 0.1) is 11.8 Å². The minimum absolute atomic E-state index is 0. The van der Waals surface area contributed by atoms with E-state index in [2.05, 4.69) is 5.32 Å². The number of nitrogens with two attached hydrogens (primary N) is 1. The van der Waals surface area contributed by atoms with Crippen LogP contribution < -0.4 is 25.4 Å². The lowest BCUT2D eigenvalue weighted by Crippen LogP contribution is -2.45. The maximum atomic E-state index is 12.8. The third-order valence-corrected chi connectivity index (χ3v) is 5.47. The topological polar surface area (TPSA) is 93.9 Å². The van der Waals surface area contributed by atoms with Crippen LogP contribution in [0.25, 0.3) is 0 Å². The Bertz CT molecular complexity index is 663. The molecule has 150 valence electrons. The molecule has 1 heterocycles. The lowest BCUT2D eigenvalue weighted by Gasteiger charge is -2.21. The second-order valence-electron chi connectivity index (χ2n) is 6.94. The van der Waals surface area contributed by atoms with Gasteiger partial charge in [0.25, 0.3) is 0 Å². The predicted octanol–water partition coefficient (Wildman–Crippen LogP) is 1.72. The zero-order valence-corrected chi connectivity index (χ0v) is 16.6. The molecule has 1 aromatic carbocycles. The minimum atomic E-state index is -0.487. The number of nitrogens with zero attached hydrogens (tertiary/aromatic N) is 1. The molecule has 27 heavy (non-hydrogen) atoms. The first-order chi connectivity index (χ1) is 12.6. The number of anilines is 1. The van der Waals surface area contributed by atoms with E-state index in [0.29, 0.717) is 36.7 Å². The second-order valence-corrected chi connectivity index (χ2v) is 6.94. The molecule has 1 saturated heterocycles. The van der Waals surface area contributed by atoms with E-state index in [-0.39, 0.29) is 36.1 Å². The molecule has 0 spiro atoms. The molecule has 0 aromatic heterocycles. The van der Waals surface area contributed by atoms with Gasteiger partial charge in [0, 0.05) is 30.7 Å². The summed E-state index contributed by atoms with van der Waals surface area (Å²) < 4.78 is 10.6. The van der Waals surface area contributed by atoms with Crippen molar-refractivity contribution < 1.29 is 19.1 Å². The van der Waals surface area contributed by atoms with Crippen LogP contribution in [0.4, 0.5) is 5.69 Å². The highest BCUT2D eigenvalue weighted by Crippen LogP contribution is 2.33. The molecule has 7 nitrogen and oxygen atoms in total. The SMILES string of the molecule is COc1cc(OC)cc(N2CCC(NC(=O)[C@@H]3CCC[C@@H]3CN)C2=O)c1.Cl. The van der Waals surface area contributed by atoms with Crippen molar-refractivity contribution in [3.63, 3.8) is 0 Å². The third-order valence-electron chi connectivity index (χ3n) is 5.47. The van der Waals surface area contributed by atoms with Gasteiger partial charge in [0.2, 0.25) is 11.8 Å². The van der Waals surface area contributed by atoms with Gasteiger partial charge in [-0.3, -0.25) is 9.59 Å². The Kier molecular flexibility index (Phi) is 7.33. The van der Waals surface area contributed by atoms with Crippen molar-refractivity contribution in [1.29, 1.82) is 0 Å². The van der Waals surface area contributed by atoms with Crippen LogP contribution in [-0.2, 0) is 9.59 Å². The van der Waals surface area contributed by atoms with Crippen LogP contribution in [0.3, 0.4) is 0 Å². The fraction of sp³-hybridized carbons (Fsp3) is 0.579. The predicted molar refractivity (Wildman–Crippen MR) is 106 cm³/mol. The Morgan fingerprint density at radius 1 is 1.19 bits per heavy atom. The number of ether oxygens (including phenoxy) is 2. The number of hydrogen-bond donors (Lipinski definition) is 2. The Balaban J connectivity index is 0.00000261. The lowest BCUT2D eigenvalue weighted by atomic mass is 9.95. The number of amides is 2. The molecule has 2 aliphatic rings. The van der Waals surface area contributed by atoms with Gasteiger partial charge in [-0.2, -0.15) is 0 Å². The van der Waals surface area contributed by atoms with Gasteiger partial charge in [0.15, 0.2) is 0 Å². The highest BCUT2D eigenvalue weighted by atomic mass is 35.5. The van der Waals surface area contributed by atoms with Crippen molar-refractivity contribution >= 4 is 29.9 Å². The fourth-order valence-electron chi connectivity index (χ4n) is 3.96. The summed E-state index contributed by atoms with van der Waals surface area (Å²) >= 11 is 0. The van der Waals surface area contributed by atoms with E-state index in [0.717, 1.165) is 19.3 Å².